The summed E-state index contributed by atoms with van der Waals surface area (Å²) in [6, 6.07) is 12.8. The Kier molecular flexibility index (Phi) is 5.34. The smallest absolute Gasteiger partial charge is 0.255 e. The minimum absolute atomic E-state index is 0.0342. The molecule has 1 aliphatic carbocycles. The molecule has 6 rings (SSSR count). The van der Waals surface area contributed by atoms with Crippen molar-refractivity contribution in [2.45, 2.75) is 52.5 Å². The molecule has 7 heteroatoms. The van der Waals surface area contributed by atoms with Gasteiger partial charge in [0.2, 0.25) is 5.91 Å². The number of aryl methyl sites for hydroxylation is 2. The Bertz CT molecular complexity index is 1460. The molecule has 192 valence electrons. The predicted molar refractivity (Wildman–Crippen MR) is 145 cm³/mol. The van der Waals surface area contributed by atoms with Gasteiger partial charge in [0.1, 0.15) is 11.4 Å². The molecule has 1 saturated carbocycles. The van der Waals surface area contributed by atoms with Gasteiger partial charge < -0.3 is 4.90 Å². The van der Waals surface area contributed by atoms with Gasteiger partial charge in [-0.2, -0.15) is 5.10 Å². The Morgan fingerprint density at radius 2 is 1.81 bits per heavy atom. The first kappa shape index (κ1) is 23.9. The van der Waals surface area contributed by atoms with Crippen LogP contribution in [0.25, 0.3) is 22.0 Å². The number of fused-ring (bicyclic) bond motifs is 1. The average molecular weight is 498 g/mol. The monoisotopic (exact) mass is 497 g/mol. The Labute approximate surface area is 218 Å². The van der Waals surface area contributed by atoms with Crippen LogP contribution in [0, 0.1) is 18.3 Å². The van der Waals surface area contributed by atoms with Gasteiger partial charge in [-0.25, -0.2) is 0 Å². The first-order chi connectivity index (χ1) is 17.6. The van der Waals surface area contributed by atoms with Gasteiger partial charge in [0.25, 0.3) is 5.91 Å². The second-order valence-electron chi connectivity index (χ2n) is 11.9. The molecule has 2 fully saturated rings. The highest BCUT2D eigenvalue weighted by atomic mass is 16.2. The number of likely N-dealkylation sites (tertiary alicyclic amines) is 1. The molecule has 7 nitrogen and oxygen atoms in total. The summed E-state index contributed by atoms with van der Waals surface area (Å²) in [5, 5.41) is 5.47. The lowest BCUT2D eigenvalue weighted by atomic mass is 9.98. The van der Waals surface area contributed by atoms with Gasteiger partial charge in [-0.3, -0.25) is 24.2 Å². The minimum Gasteiger partial charge on any atom is -0.342 e. The van der Waals surface area contributed by atoms with Crippen molar-refractivity contribution < 1.29 is 9.59 Å². The number of carbonyl (C=O) groups excluding carboxylic acids is 2. The van der Waals surface area contributed by atoms with Crippen LogP contribution in [0.3, 0.4) is 0 Å². The van der Waals surface area contributed by atoms with Gasteiger partial charge >= 0.3 is 0 Å². The van der Waals surface area contributed by atoms with Crippen molar-refractivity contribution >= 4 is 28.6 Å². The molecule has 3 heterocycles. The van der Waals surface area contributed by atoms with Crippen LogP contribution in [0.15, 0.2) is 47.6 Å². The summed E-state index contributed by atoms with van der Waals surface area (Å²) >= 11 is 0. The van der Waals surface area contributed by atoms with Crippen molar-refractivity contribution in [2.24, 2.45) is 23.4 Å². The molecular formula is C30H35N5O2. The molecule has 0 bridgehead atoms. The Balaban J connectivity index is 1.25. The number of amides is 2. The molecule has 2 amide bonds. The van der Waals surface area contributed by atoms with Crippen LogP contribution < -0.4 is 0 Å². The molecule has 3 aromatic rings. The van der Waals surface area contributed by atoms with E-state index in [0.717, 1.165) is 71.3 Å². The highest BCUT2D eigenvalue weighted by Gasteiger charge is 2.49. The van der Waals surface area contributed by atoms with Crippen LogP contribution in [0.1, 0.15) is 51.2 Å². The van der Waals surface area contributed by atoms with Gasteiger partial charge in [0, 0.05) is 43.0 Å². The quantitative estimate of drug-likeness (QED) is 0.519. The fourth-order valence-corrected chi connectivity index (χ4v) is 5.82. The number of hydrogen-bond donors (Lipinski definition) is 0. The number of amidine groups is 1. The first-order valence-corrected chi connectivity index (χ1v) is 13.3. The lowest BCUT2D eigenvalue weighted by molar-refractivity contribution is -0.135. The third kappa shape index (κ3) is 4.05. The van der Waals surface area contributed by atoms with Crippen molar-refractivity contribution in [3.63, 3.8) is 0 Å². The Morgan fingerprint density at radius 3 is 2.54 bits per heavy atom. The third-order valence-corrected chi connectivity index (χ3v) is 8.49. The lowest BCUT2D eigenvalue weighted by Gasteiger charge is -2.25. The number of aliphatic imine (C=N–C) groups is 1. The molecule has 3 aliphatic rings. The number of hydrogen-bond acceptors (Lipinski definition) is 4. The Hall–Kier alpha value is -3.48. The van der Waals surface area contributed by atoms with Crippen molar-refractivity contribution in [3.8, 4) is 11.1 Å². The van der Waals surface area contributed by atoms with Crippen LogP contribution in [-0.2, 0) is 16.6 Å². The van der Waals surface area contributed by atoms with Gasteiger partial charge in [-0.05, 0) is 74.8 Å². The zero-order valence-electron chi connectivity index (χ0n) is 22.4. The number of benzene rings is 2. The summed E-state index contributed by atoms with van der Waals surface area (Å²) in [5.74, 6) is 1.33. The van der Waals surface area contributed by atoms with E-state index in [-0.39, 0.29) is 23.1 Å². The predicted octanol–water partition coefficient (Wildman–Crippen LogP) is 4.56. The molecule has 1 saturated heterocycles. The first-order valence-electron chi connectivity index (χ1n) is 13.3. The van der Waals surface area contributed by atoms with E-state index in [4.69, 9.17) is 4.99 Å². The van der Waals surface area contributed by atoms with Crippen molar-refractivity contribution in [2.75, 3.05) is 19.6 Å². The molecule has 0 spiro atoms. The molecule has 0 radical (unpaired) electrons. The summed E-state index contributed by atoms with van der Waals surface area (Å²) in [7, 11) is 1.95. The van der Waals surface area contributed by atoms with E-state index >= 15 is 0 Å². The highest BCUT2D eigenvalue weighted by molar-refractivity contribution is 6.15. The van der Waals surface area contributed by atoms with Crippen molar-refractivity contribution in [3.05, 3.63) is 53.7 Å². The normalized spacial score (nSPS) is 22.1. The van der Waals surface area contributed by atoms with Crippen LogP contribution in [0.5, 0.6) is 0 Å². The lowest BCUT2D eigenvalue weighted by Crippen LogP contribution is -2.43. The fourth-order valence-electron chi connectivity index (χ4n) is 5.82. The van der Waals surface area contributed by atoms with Crippen molar-refractivity contribution in [1.82, 2.24) is 19.6 Å². The third-order valence-electron chi connectivity index (χ3n) is 8.49. The van der Waals surface area contributed by atoms with Gasteiger partial charge in [-0.15, -0.1) is 0 Å². The fraction of sp³-hybridized carbons (Fsp3) is 0.467. The zero-order valence-corrected chi connectivity index (χ0v) is 22.4. The number of aromatic nitrogens is 2. The summed E-state index contributed by atoms with van der Waals surface area (Å²) in [5.41, 5.74) is 4.50. The van der Waals surface area contributed by atoms with Crippen LogP contribution in [0.4, 0.5) is 0 Å². The van der Waals surface area contributed by atoms with E-state index in [1.54, 1.807) is 0 Å². The summed E-state index contributed by atoms with van der Waals surface area (Å²) in [6.45, 7) is 10.0. The maximum absolute atomic E-state index is 13.4. The SMILES string of the molecule is Cc1cc(-c2ccc3c(cnn3C)c2)ccc1C1=NC(C)(C)C(=O)N1CC1CCN(C(=O)C2(C)CC2)C1. The van der Waals surface area contributed by atoms with E-state index in [1.165, 1.54) is 0 Å². The Morgan fingerprint density at radius 1 is 1.08 bits per heavy atom. The number of carbonyl (C=O) groups is 2. The van der Waals surface area contributed by atoms with E-state index in [2.05, 4.69) is 55.3 Å². The summed E-state index contributed by atoms with van der Waals surface area (Å²) in [4.78, 5) is 35.1. The molecule has 1 atom stereocenters. The molecular weight excluding hydrogens is 462 g/mol. The van der Waals surface area contributed by atoms with Gasteiger partial charge in [-0.1, -0.05) is 31.2 Å². The number of rotatable bonds is 5. The maximum atomic E-state index is 13.4. The summed E-state index contributed by atoms with van der Waals surface area (Å²) < 4.78 is 1.88. The topological polar surface area (TPSA) is 70.8 Å². The van der Waals surface area contributed by atoms with Gasteiger partial charge in [0.05, 0.1) is 11.7 Å². The molecule has 37 heavy (non-hydrogen) atoms. The van der Waals surface area contributed by atoms with Crippen LogP contribution in [0.2, 0.25) is 0 Å². The number of nitrogens with zero attached hydrogens (tertiary/aromatic N) is 5. The second-order valence-corrected chi connectivity index (χ2v) is 11.9. The molecule has 1 unspecified atom stereocenters. The van der Waals surface area contributed by atoms with Crippen molar-refractivity contribution in [1.29, 1.82) is 0 Å². The van der Waals surface area contributed by atoms with E-state index in [0.29, 0.717) is 6.54 Å². The van der Waals surface area contributed by atoms with Gasteiger partial charge in [0.15, 0.2) is 0 Å². The maximum Gasteiger partial charge on any atom is 0.255 e. The second kappa shape index (κ2) is 8.27. The van der Waals surface area contributed by atoms with E-state index in [9.17, 15) is 9.59 Å². The van der Waals surface area contributed by atoms with E-state index < -0.39 is 5.54 Å². The molecule has 0 N–H and O–H groups in total. The molecule has 1 aromatic heterocycles. The minimum atomic E-state index is -0.790. The van der Waals surface area contributed by atoms with Crippen LogP contribution >= 0.6 is 0 Å². The van der Waals surface area contributed by atoms with E-state index in [1.807, 2.05) is 41.6 Å². The zero-order chi connectivity index (χ0) is 26.1. The largest absolute Gasteiger partial charge is 0.342 e. The average Bonchev–Trinajstić information content (AvgIpc) is 3.19. The molecule has 2 aromatic carbocycles. The molecule has 2 aliphatic heterocycles. The highest BCUT2D eigenvalue weighted by Crippen LogP contribution is 2.47. The standard InChI is InChI=1S/C30H35N5O2/c1-19-14-21(22-7-9-25-23(15-22)16-31-33(25)5)6-8-24(19)26-32-29(2,3)27(36)35(26)18-20-10-13-34(17-20)28(37)30(4)11-12-30/h6-9,14-16,20H,10-13,17-18H2,1-5H3. The van der Waals surface area contributed by atoms with Crippen LogP contribution in [-0.4, -0.2) is 62.4 Å². The summed E-state index contributed by atoms with van der Waals surface area (Å²) in [6.07, 6.45) is 4.80.